The standard InChI is InChI=1S/C27H35N3O2S/c1-2-3-14-28-26(33)29-22-11-12-27(21-9-10-23-24(16-21)32-19-31-23)13-15-30(25(27)17-22)18-20-7-5-4-6-8-20/h4-10,16,22,25H,2-3,11-15,17-19H2,1H3,(H2,28,29,33)/t22-,25-,27+/m1/s1. The molecule has 1 aliphatic carbocycles. The van der Waals surface area contributed by atoms with Crippen LogP contribution in [0.5, 0.6) is 11.5 Å². The smallest absolute Gasteiger partial charge is 0.231 e. The molecule has 6 heteroatoms. The summed E-state index contributed by atoms with van der Waals surface area (Å²) < 4.78 is 11.3. The zero-order valence-corrected chi connectivity index (χ0v) is 20.3. The molecule has 2 fully saturated rings. The molecule has 0 amide bonds. The van der Waals surface area contributed by atoms with Crippen LogP contribution in [0.1, 0.15) is 56.6 Å². The van der Waals surface area contributed by atoms with Crippen LogP contribution in [-0.2, 0) is 12.0 Å². The van der Waals surface area contributed by atoms with Crippen LogP contribution in [0, 0.1) is 0 Å². The van der Waals surface area contributed by atoms with Gasteiger partial charge in [-0.25, -0.2) is 0 Å². The highest BCUT2D eigenvalue weighted by molar-refractivity contribution is 7.80. The van der Waals surface area contributed by atoms with Gasteiger partial charge in [-0.3, -0.25) is 4.90 Å². The number of hydrogen-bond donors (Lipinski definition) is 2. The van der Waals surface area contributed by atoms with Gasteiger partial charge in [0.1, 0.15) is 0 Å². The number of ether oxygens (including phenoxy) is 2. The molecule has 3 aliphatic rings. The molecule has 0 spiro atoms. The van der Waals surface area contributed by atoms with Crippen LogP contribution in [0.15, 0.2) is 48.5 Å². The maximum Gasteiger partial charge on any atom is 0.231 e. The molecule has 5 rings (SSSR count). The third-order valence-corrected chi connectivity index (χ3v) is 7.96. The summed E-state index contributed by atoms with van der Waals surface area (Å²) in [5, 5.41) is 7.82. The molecule has 2 aliphatic heterocycles. The number of unbranched alkanes of at least 4 members (excludes halogenated alkanes) is 1. The highest BCUT2D eigenvalue weighted by atomic mass is 32.1. The van der Waals surface area contributed by atoms with Crippen molar-refractivity contribution < 1.29 is 9.47 Å². The van der Waals surface area contributed by atoms with E-state index in [-0.39, 0.29) is 5.41 Å². The average molecular weight is 466 g/mol. The largest absolute Gasteiger partial charge is 0.454 e. The van der Waals surface area contributed by atoms with Crippen LogP contribution in [0.2, 0.25) is 0 Å². The van der Waals surface area contributed by atoms with Crippen molar-refractivity contribution in [1.29, 1.82) is 0 Å². The van der Waals surface area contributed by atoms with E-state index in [9.17, 15) is 0 Å². The fraction of sp³-hybridized carbons (Fsp3) is 0.519. The summed E-state index contributed by atoms with van der Waals surface area (Å²) >= 11 is 5.61. The molecule has 0 radical (unpaired) electrons. The third-order valence-electron chi connectivity index (χ3n) is 7.70. The molecular weight excluding hydrogens is 430 g/mol. The summed E-state index contributed by atoms with van der Waals surface area (Å²) in [6.45, 7) is 5.57. The maximum absolute atomic E-state index is 5.74. The molecule has 33 heavy (non-hydrogen) atoms. The number of thiocarbonyl (C=S) groups is 1. The molecule has 0 aromatic heterocycles. The van der Waals surface area contributed by atoms with Gasteiger partial charge in [0.25, 0.3) is 0 Å². The Morgan fingerprint density at radius 3 is 2.82 bits per heavy atom. The van der Waals surface area contributed by atoms with Gasteiger partial charge in [0.05, 0.1) is 0 Å². The quantitative estimate of drug-likeness (QED) is 0.455. The van der Waals surface area contributed by atoms with Crippen LogP contribution in [-0.4, -0.2) is 42.0 Å². The molecule has 2 N–H and O–H groups in total. The van der Waals surface area contributed by atoms with E-state index in [0.29, 0.717) is 18.9 Å². The first-order valence-electron chi connectivity index (χ1n) is 12.4. The zero-order valence-electron chi connectivity index (χ0n) is 19.5. The summed E-state index contributed by atoms with van der Waals surface area (Å²) in [5.41, 5.74) is 2.92. The molecule has 3 atom stereocenters. The van der Waals surface area contributed by atoms with Crippen molar-refractivity contribution in [2.75, 3.05) is 19.9 Å². The minimum absolute atomic E-state index is 0.144. The van der Waals surface area contributed by atoms with Gasteiger partial charge in [-0.1, -0.05) is 49.7 Å². The molecule has 0 unspecified atom stereocenters. The van der Waals surface area contributed by atoms with Crippen LogP contribution in [0.3, 0.4) is 0 Å². The number of rotatable bonds is 7. The molecule has 2 heterocycles. The predicted octanol–water partition coefficient (Wildman–Crippen LogP) is 4.74. The summed E-state index contributed by atoms with van der Waals surface area (Å²) in [6, 6.07) is 18.3. The van der Waals surface area contributed by atoms with Crippen molar-refractivity contribution >= 4 is 17.3 Å². The fourth-order valence-corrected chi connectivity index (χ4v) is 6.21. The van der Waals surface area contributed by atoms with E-state index in [1.165, 1.54) is 24.0 Å². The van der Waals surface area contributed by atoms with E-state index in [1.54, 1.807) is 0 Å². The second-order valence-electron chi connectivity index (χ2n) is 9.67. The zero-order chi connectivity index (χ0) is 22.7. The van der Waals surface area contributed by atoms with Gasteiger partial charge in [-0.05, 0) is 74.1 Å². The van der Waals surface area contributed by atoms with E-state index in [4.69, 9.17) is 21.7 Å². The molecule has 5 nitrogen and oxygen atoms in total. The maximum atomic E-state index is 5.74. The van der Waals surface area contributed by atoms with Crippen molar-refractivity contribution in [2.45, 2.75) is 69.5 Å². The molecule has 176 valence electrons. The molecule has 1 saturated heterocycles. The first-order valence-corrected chi connectivity index (χ1v) is 12.8. The summed E-state index contributed by atoms with van der Waals surface area (Å²) in [4.78, 5) is 2.70. The summed E-state index contributed by atoms with van der Waals surface area (Å²) in [7, 11) is 0. The number of nitrogens with one attached hydrogen (secondary N) is 2. The van der Waals surface area contributed by atoms with E-state index in [0.717, 1.165) is 61.9 Å². The highest BCUT2D eigenvalue weighted by Gasteiger charge is 2.51. The van der Waals surface area contributed by atoms with Gasteiger partial charge in [-0.15, -0.1) is 0 Å². The second-order valence-corrected chi connectivity index (χ2v) is 10.1. The number of likely N-dealkylation sites (tertiary alicyclic amines) is 1. The normalized spacial score (nSPS) is 26.1. The first-order chi connectivity index (χ1) is 16.2. The Morgan fingerprint density at radius 2 is 1.97 bits per heavy atom. The van der Waals surface area contributed by atoms with Crippen molar-refractivity contribution in [1.82, 2.24) is 15.5 Å². The summed E-state index contributed by atoms with van der Waals surface area (Å²) in [5.74, 6) is 1.76. The minimum atomic E-state index is 0.144. The number of benzene rings is 2. The monoisotopic (exact) mass is 465 g/mol. The number of hydrogen-bond acceptors (Lipinski definition) is 4. The first kappa shape index (κ1) is 22.5. The third kappa shape index (κ3) is 4.69. The van der Waals surface area contributed by atoms with E-state index in [2.05, 4.69) is 71.0 Å². The average Bonchev–Trinajstić information content (AvgIpc) is 3.45. The molecular formula is C27H35N3O2S. The lowest BCUT2D eigenvalue weighted by Gasteiger charge is -2.45. The van der Waals surface area contributed by atoms with Gasteiger partial charge < -0.3 is 20.1 Å². The van der Waals surface area contributed by atoms with E-state index in [1.807, 2.05) is 0 Å². The minimum Gasteiger partial charge on any atom is -0.454 e. The van der Waals surface area contributed by atoms with Crippen molar-refractivity contribution in [2.24, 2.45) is 0 Å². The van der Waals surface area contributed by atoms with Gasteiger partial charge in [0.2, 0.25) is 6.79 Å². The Labute approximate surface area is 202 Å². The lowest BCUT2D eigenvalue weighted by Crippen LogP contribution is -2.53. The van der Waals surface area contributed by atoms with Crippen LogP contribution >= 0.6 is 12.2 Å². The van der Waals surface area contributed by atoms with E-state index >= 15 is 0 Å². The van der Waals surface area contributed by atoms with E-state index < -0.39 is 0 Å². The lowest BCUT2D eigenvalue weighted by molar-refractivity contribution is 0.134. The van der Waals surface area contributed by atoms with Crippen LogP contribution in [0.4, 0.5) is 0 Å². The Bertz CT molecular complexity index is 969. The fourth-order valence-electron chi connectivity index (χ4n) is 5.94. The Morgan fingerprint density at radius 1 is 1.12 bits per heavy atom. The number of fused-ring (bicyclic) bond motifs is 2. The SMILES string of the molecule is CCCCNC(=S)N[C@@H]1CC[C@@]2(c3ccc4c(c3)OCO4)CCN(Cc3ccccc3)[C@@H]2C1. The van der Waals surface area contributed by atoms with Gasteiger partial charge in [-0.2, -0.15) is 0 Å². The highest BCUT2D eigenvalue weighted by Crippen LogP contribution is 2.51. The Kier molecular flexibility index (Phi) is 6.74. The predicted molar refractivity (Wildman–Crippen MR) is 136 cm³/mol. The molecule has 0 bridgehead atoms. The molecule has 1 saturated carbocycles. The second kappa shape index (κ2) is 9.90. The van der Waals surface area contributed by atoms with Crippen molar-refractivity contribution in [3.8, 4) is 11.5 Å². The van der Waals surface area contributed by atoms with Crippen molar-refractivity contribution in [3.05, 3.63) is 59.7 Å². The molecule has 2 aromatic rings. The van der Waals surface area contributed by atoms with Gasteiger partial charge >= 0.3 is 0 Å². The molecule has 2 aromatic carbocycles. The van der Waals surface area contributed by atoms with Crippen LogP contribution in [0.25, 0.3) is 0 Å². The van der Waals surface area contributed by atoms with Crippen molar-refractivity contribution in [3.63, 3.8) is 0 Å². The lowest BCUT2D eigenvalue weighted by atomic mass is 9.65. The summed E-state index contributed by atoms with van der Waals surface area (Å²) in [6.07, 6.45) is 6.87. The Hall–Kier alpha value is -2.31. The van der Waals surface area contributed by atoms with Gasteiger partial charge in [0, 0.05) is 30.6 Å². The number of nitrogens with zero attached hydrogens (tertiary/aromatic N) is 1. The van der Waals surface area contributed by atoms with Gasteiger partial charge in [0.15, 0.2) is 16.6 Å². The topological polar surface area (TPSA) is 45.8 Å². The van der Waals surface area contributed by atoms with Crippen LogP contribution < -0.4 is 20.1 Å². The Balaban J connectivity index is 1.37.